The van der Waals surface area contributed by atoms with Crippen molar-refractivity contribution >= 4 is 35.5 Å². The molecular weight excluding hydrogens is 311 g/mol. The number of carbonyl (C=O) groups is 1. The van der Waals surface area contributed by atoms with Crippen LogP contribution in [0.2, 0.25) is 0 Å². The number of hydrogen-bond donors (Lipinski definition) is 1. The molecule has 0 fully saturated rings. The van der Waals surface area contributed by atoms with Crippen molar-refractivity contribution in [2.24, 2.45) is 0 Å². The Morgan fingerprint density at radius 1 is 1.00 bits per heavy atom. The van der Waals surface area contributed by atoms with Crippen LogP contribution in [0.3, 0.4) is 0 Å². The zero-order valence-electron chi connectivity index (χ0n) is 12.1. The van der Waals surface area contributed by atoms with Gasteiger partial charge < -0.3 is 5.11 Å². The number of pyridine rings is 1. The predicted molar refractivity (Wildman–Crippen MR) is 93.9 cm³/mol. The second-order valence-electron chi connectivity index (χ2n) is 4.97. The third kappa shape index (κ3) is 3.72. The second-order valence-corrected chi connectivity index (χ2v) is 4.97. The van der Waals surface area contributed by atoms with Crippen molar-refractivity contribution in [2.75, 3.05) is 0 Å². The van der Waals surface area contributed by atoms with Gasteiger partial charge in [-0.1, -0.05) is 42.5 Å². The number of carboxylic acid groups (broad SMARTS) is 1. The van der Waals surface area contributed by atoms with Gasteiger partial charge in [0.05, 0.1) is 22.9 Å². The first-order valence-corrected chi connectivity index (χ1v) is 6.98. The molecule has 3 aromatic rings. The summed E-state index contributed by atoms with van der Waals surface area (Å²) in [6, 6.07) is 20.2. The van der Waals surface area contributed by atoms with Crippen molar-refractivity contribution in [3.05, 3.63) is 78.0 Å². The van der Waals surface area contributed by atoms with E-state index in [0.29, 0.717) is 16.8 Å². The molecule has 1 heterocycles. The zero-order valence-corrected chi connectivity index (χ0v) is 12.1. The SMILES string of the molecule is N#Cc1cc(-c2cc(C(=O)O)ccn2)ccc1-c1ccccc1.[NaH]. The third-order valence-electron chi connectivity index (χ3n) is 3.53. The Morgan fingerprint density at radius 3 is 2.42 bits per heavy atom. The van der Waals surface area contributed by atoms with Crippen LogP contribution in [0.15, 0.2) is 66.9 Å². The van der Waals surface area contributed by atoms with Gasteiger partial charge in [0.15, 0.2) is 0 Å². The van der Waals surface area contributed by atoms with Gasteiger partial charge in [-0.3, -0.25) is 4.98 Å². The average molecular weight is 324 g/mol. The van der Waals surface area contributed by atoms with Gasteiger partial charge in [0.2, 0.25) is 0 Å². The van der Waals surface area contributed by atoms with Crippen molar-refractivity contribution < 1.29 is 9.90 Å². The van der Waals surface area contributed by atoms with E-state index in [1.54, 1.807) is 6.07 Å². The number of nitrogens with zero attached hydrogens (tertiary/aromatic N) is 2. The number of benzene rings is 2. The fraction of sp³-hybridized carbons (Fsp3) is 0. The van der Waals surface area contributed by atoms with Crippen molar-refractivity contribution in [1.82, 2.24) is 4.98 Å². The first kappa shape index (κ1) is 17.9. The Balaban J connectivity index is 0.00000208. The Bertz CT molecular complexity index is 918. The van der Waals surface area contributed by atoms with Crippen LogP contribution >= 0.6 is 0 Å². The predicted octanol–water partition coefficient (Wildman–Crippen LogP) is 3.34. The van der Waals surface area contributed by atoms with Gasteiger partial charge in [-0.15, -0.1) is 0 Å². The summed E-state index contributed by atoms with van der Waals surface area (Å²) in [5.41, 5.74) is 3.73. The van der Waals surface area contributed by atoms with Gasteiger partial charge in [-0.05, 0) is 29.3 Å². The summed E-state index contributed by atoms with van der Waals surface area (Å²) in [5.74, 6) is -1.00. The molecule has 0 atom stereocenters. The van der Waals surface area contributed by atoms with E-state index in [1.807, 2.05) is 42.5 Å². The fourth-order valence-corrected chi connectivity index (χ4v) is 2.39. The summed E-state index contributed by atoms with van der Waals surface area (Å²) >= 11 is 0. The second kappa shape index (κ2) is 7.89. The van der Waals surface area contributed by atoms with Crippen molar-refractivity contribution in [3.63, 3.8) is 0 Å². The Kier molecular flexibility index (Phi) is 5.88. The van der Waals surface area contributed by atoms with Crippen LogP contribution in [0.5, 0.6) is 0 Å². The molecule has 0 spiro atoms. The molecule has 0 saturated heterocycles. The number of aromatic carboxylic acids is 1. The van der Waals surface area contributed by atoms with E-state index in [-0.39, 0.29) is 35.1 Å². The van der Waals surface area contributed by atoms with Crippen LogP contribution in [0.1, 0.15) is 15.9 Å². The van der Waals surface area contributed by atoms with E-state index in [0.717, 1.165) is 11.1 Å². The summed E-state index contributed by atoms with van der Waals surface area (Å²) in [6.45, 7) is 0. The standard InChI is InChI=1S/C19H12N2O2.Na.H/c20-12-16-10-14(18-11-15(19(22)23)8-9-21-18)6-7-17(16)13-4-2-1-3-5-13;;/h1-11H,(H,22,23);;. The Morgan fingerprint density at radius 2 is 1.75 bits per heavy atom. The molecule has 24 heavy (non-hydrogen) atoms. The van der Waals surface area contributed by atoms with E-state index in [9.17, 15) is 10.1 Å². The number of aromatic nitrogens is 1. The van der Waals surface area contributed by atoms with Crippen molar-refractivity contribution in [3.8, 4) is 28.5 Å². The van der Waals surface area contributed by atoms with Gasteiger partial charge in [-0.25, -0.2) is 4.79 Å². The molecule has 4 nitrogen and oxygen atoms in total. The summed E-state index contributed by atoms with van der Waals surface area (Å²) in [5, 5.41) is 18.5. The first-order chi connectivity index (χ1) is 11.2. The molecule has 3 rings (SSSR count). The molecule has 112 valence electrons. The molecule has 2 aromatic carbocycles. The average Bonchev–Trinajstić information content (AvgIpc) is 2.62. The van der Waals surface area contributed by atoms with E-state index in [4.69, 9.17) is 5.11 Å². The molecular formula is C19H13N2NaO2. The Labute approximate surface area is 161 Å². The van der Waals surface area contributed by atoms with Crippen LogP contribution in [0.4, 0.5) is 0 Å². The minimum absolute atomic E-state index is 0. The summed E-state index contributed by atoms with van der Waals surface area (Å²) in [7, 11) is 0. The summed E-state index contributed by atoms with van der Waals surface area (Å²) < 4.78 is 0. The maximum absolute atomic E-state index is 11.1. The first-order valence-electron chi connectivity index (χ1n) is 6.98. The van der Waals surface area contributed by atoms with Crippen LogP contribution in [0, 0.1) is 11.3 Å². The molecule has 0 bridgehead atoms. The third-order valence-corrected chi connectivity index (χ3v) is 3.53. The number of carboxylic acids is 1. The topological polar surface area (TPSA) is 74.0 Å². The molecule has 5 heteroatoms. The molecule has 0 aliphatic rings. The van der Waals surface area contributed by atoms with E-state index in [2.05, 4.69) is 11.1 Å². The monoisotopic (exact) mass is 324 g/mol. The summed E-state index contributed by atoms with van der Waals surface area (Å²) in [4.78, 5) is 15.3. The van der Waals surface area contributed by atoms with Crippen molar-refractivity contribution in [1.29, 1.82) is 5.26 Å². The van der Waals surface area contributed by atoms with Crippen LogP contribution in [-0.2, 0) is 0 Å². The molecule has 0 aliphatic carbocycles. The van der Waals surface area contributed by atoms with Crippen LogP contribution < -0.4 is 0 Å². The summed E-state index contributed by atoms with van der Waals surface area (Å²) in [6.07, 6.45) is 1.45. The van der Waals surface area contributed by atoms with Gasteiger partial charge in [0, 0.05) is 11.8 Å². The van der Waals surface area contributed by atoms with Crippen LogP contribution in [-0.4, -0.2) is 45.6 Å². The molecule has 0 radical (unpaired) electrons. The molecule has 0 aliphatic heterocycles. The van der Waals surface area contributed by atoms with E-state index in [1.165, 1.54) is 18.3 Å². The van der Waals surface area contributed by atoms with Crippen molar-refractivity contribution in [2.45, 2.75) is 0 Å². The molecule has 1 aromatic heterocycles. The van der Waals surface area contributed by atoms with Crippen LogP contribution in [0.25, 0.3) is 22.4 Å². The number of hydrogen-bond acceptors (Lipinski definition) is 3. The number of rotatable bonds is 3. The molecule has 0 unspecified atom stereocenters. The van der Waals surface area contributed by atoms with Gasteiger partial charge >= 0.3 is 35.5 Å². The minimum atomic E-state index is -1.00. The molecule has 0 amide bonds. The van der Waals surface area contributed by atoms with E-state index >= 15 is 0 Å². The van der Waals surface area contributed by atoms with Gasteiger partial charge in [-0.2, -0.15) is 5.26 Å². The molecule has 0 saturated carbocycles. The molecule has 1 N–H and O–H groups in total. The fourth-order valence-electron chi connectivity index (χ4n) is 2.39. The zero-order chi connectivity index (χ0) is 16.2. The van der Waals surface area contributed by atoms with Gasteiger partial charge in [0.1, 0.15) is 0 Å². The maximum atomic E-state index is 11.1. The normalized spacial score (nSPS) is 9.62. The number of nitriles is 1. The Hall–Kier alpha value is -2.45. The van der Waals surface area contributed by atoms with E-state index < -0.39 is 5.97 Å². The van der Waals surface area contributed by atoms with Gasteiger partial charge in [0.25, 0.3) is 0 Å². The quantitative estimate of drug-likeness (QED) is 0.750.